The lowest BCUT2D eigenvalue weighted by molar-refractivity contribution is -0.159. The molecule has 0 radical (unpaired) electrons. The van der Waals surface area contributed by atoms with Crippen LogP contribution in [0, 0.1) is 11.6 Å². The Balaban J connectivity index is 1.65. The Bertz CT molecular complexity index is 1140. The maximum absolute atomic E-state index is 14.8. The molecular weight excluding hydrogens is 502 g/mol. The fourth-order valence-corrected chi connectivity index (χ4v) is 3.83. The van der Waals surface area contributed by atoms with Crippen LogP contribution in [-0.2, 0) is 33.8 Å². The van der Waals surface area contributed by atoms with Gasteiger partial charge in [-0.3, -0.25) is 4.79 Å². The SMILES string of the molecule is CCOC(CN(Cc1ccc(F)c(Cl)n1)C(=O)CCc1ccc(OCc2ccccc2)cc1F)OCC. The standard InChI is InChI=1S/C28H31ClF2N2O4/c1-3-35-27(36-4-2)18-33(17-22-12-14-24(30)28(29)32-22)26(34)15-11-21-10-13-23(16-25(21)31)37-19-20-8-6-5-7-9-20/h5-10,12-14,16,27H,3-4,11,15,17-19H2,1-2H3. The number of carbonyl (C=O) groups is 1. The summed E-state index contributed by atoms with van der Waals surface area (Å²) in [6, 6.07) is 16.9. The minimum absolute atomic E-state index is 0.0427. The lowest BCUT2D eigenvalue weighted by atomic mass is 10.1. The van der Waals surface area contributed by atoms with Gasteiger partial charge in [-0.15, -0.1) is 0 Å². The minimum Gasteiger partial charge on any atom is -0.489 e. The van der Waals surface area contributed by atoms with E-state index in [-0.39, 0.29) is 37.0 Å². The van der Waals surface area contributed by atoms with Crippen LogP contribution in [0.4, 0.5) is 8.78 Å². The Kier molecular flexibility index (Phi) is 11.3. The third-order valence-corrected chi connectivity index (χ3v) is 5.79. The third kappa shape index (κ3) is 9.07. The molecule has 0 aliphatic rings. The highest BCUT2D eigenvalue weighted by Crippen LogP contribution is 2.20. The topological polar surface area (TPSA) is 60.9 Å². The summed E-state index contributed by atoms with van der Waals surface area (Å²) in [4.78, 5) is 18.7. The molecule has 0 saturated carbocycles. The molecule has 0 atom stereocenters. The van der Waals surface area contributed by atoms with Crippen molar-refractivity contribution >= 4 is 17.5 Å². The van der Waals surface area contributed by atoms with E-state index in [1.807, 2.05) is 44.2 Å². The zero-order valence-electron chi connectivity index (χ0n) is 21.0. The summed E-state index contributed by atoms with van der Waals surface area (Å²) in [5.74, 6) is -0.932. The van der Waals surface area contributed by atoms with Crippen molar-refractivity contribution in [1.82, 2.24) is 9.88 Å². The van der Waals surface area contributed by atoms with E-state index in [1.54, 1.807) is 12.1 Å². The largest absolute Gasteiger partial charge is 0.489 e. The van der Waals surface area contributed by atoms with Crippen molar-refractivity contribution in [1.29, 1.82) is 0 Å². The molecule has 0 fully saturated rings. The highest BCUT2D eigenvalue weighted by atomic mass is 35.5. The van der Waals surface area contributed by atoms with Crippen molar-refractivity contribution in [3.8, 4) is 5.75 Å². The molecule has 6 nitrogen and oxygen atoms in total. The maximum atomic E-state index is 14.8. The van der Waals surface area contributed by atoms with Crippen LogP contribution in [-0.4, -0.2) is 41.8 Å². The van der Waals surface area contributed by atoms with Crippen molar-refractivity contribution < 1.29 is 27.8 Å². The van der Waals surface area contributed by atoms with E-state index in [9.17, 15) is 13.6 Å². The summed E-state index contributed by atoms with van der Waals surface area (Å²) < 4.78 is 45.2. The van der Waals surface area contributed by atoms with Crippen LogP contribution < -0.4 is 4.74 Å². The Morgan fingerprint density at radius 2 is 1.73 bits per heavy atom. The van der Waals surface area contributed by atoms with Gasteiger partial charge < -0.3 is 19.1 Å². The normalized spacial score (nSPS) is 11.1. The van der Waals surface area contributed by atoms with Gasteiger partial charge in [0, 0.05) is 25.7 Å². The van der Waals surface area contributed by atoms with Gasteiger partial charge in [0.05, 0.1) is 18.8 Å². The molecule has 0 unspecified atom stereocenters. The van der Waals surface area contributed by atoms with Gasteiger partial charge in [-0.2, -0.15) is 0 Å². The Labute approximate surface area is 221 Å². The highest BCUT2D eigenvalue weighted by molar-refractivity contribution is 6.29. The zero-order valence-corrected chi connectivity index (χ0v) is 21.7. The summed E-state index contributed by atoms with van der Waals surface area (Å²) in [6.45, 7) is 4.99. The van der Waals surface area contributed by atoms with Crippen molar-refractivity contribution in [3.63, 3.8) is 0 Å². The van der Waals surface area contributed by atoms with Crippen molar-refractivity contribution in [2.45, 2.75) is 46.1 Å². The highest BCUT2D eigenvalue weighted by Gasteiger charge is 2.21. The first-order chi connectivity index (χ1) is 17.9. The Morgan fingerprint density at radius 3 is 2.38 bits per heavy atom. The van der Waals surface area contributed by atoms with Crippen molar-refractivity contribution in [2.24, 2.45) is 0 Å². The van der Waals surface area contributed by atoms with Gasteiger partial charge in [-0.05, 0) is 49.6 Å². The molecule has 0 bridgehead atoms. The molecule has 37 heavy (non-hydrogen) atoms. The molecule has 0 saturated heterocycles. The van der Waals surface area contributed by atoms with Crippen LogP contribution in [0.1, 0.15) is 37.1 Å². The molecule has 1 heterocycles. The molecule has 1 aromatic heterocycles. The number of amides is 1. The fourth-order valence-electron chi connectivity index (χ4n) is 3.66. The van der Waals surface area contributed by atoms with Crippen LogP contribution in [0.2, 0.25) is 5.15 Å². The van der Waals surface area contributed by atoms with Gasteiger partial charge in [0.25, 0.3) is 0 Å². The molecule has 9 heteroatoms. The molecule has 0 aliphatic heterocycles. The molecule has 0 spiro atoms. The number of aromatic nitrogens is 1. The fraction of sp³-hybridized carbons (Fsp3) is 0.357. The lowest BCUT2D eigenvalue weighted by Crippen LogP contribution is -2.39. The van der Waals surface area contributed by atoms with E-state index < -0.39 is 17.9 Å². The van der Waals surface area contributed by atoms with Crippen LogP contribution in [0.25, 0.3) is 0 Å². The number of rotatable bonds is 14. The van der Waals surface area contributed by atoms with Gasteiger partial charge in [0.15, 0.2) is 17.3 Å². The Morgan fingerprint density at radius 1 is 1.00 bits per heavy atom. The first kappa shape index (κ1) is 28.5. The predicted molar refractivity (Wildman–Crippen MR) is 137 cm³/mol. The van der Waals surface area contributed by atoms with Crippen LogP contribution in [0.15, 0.2) is 60.7 Å². The monoisotopic (exact) mass is 532 g/mol. The molecule has 0 aliphatic carbocycles. The van der Waals surface area contributed by atoms with Crippen molar-refractivity contribution in [2.75, 3.05) is 19.8 Å². The van der Waals surface area contributed by atoms with E-state index in [1.165, 1.54) is 23.1 Å². The van der Waals surface area contributed by atoms with Crippen molar-refractivity contribution in [3.05, 3.63) is 94.3 Å². The average Bonchev–Trinajstić information content (AvgIpc) is 2.89. The number of pyridine rings is 1. The number of ether oxygens (including phenoxy) is 3. The predicted octanol–water partition coefficient (Wildman–Crippen LogP) is 5.95. The molecule has 0 N–H and O–H groups in total. The zero-order chi connectivity index (χ0) is 26.6. The summed E-state index contributed by atoms with van der Waals surface area (Å²) in [5, 5.41) is -0.271. The van der Waals surface area contributed by atoms with E-state index in [0.29, 0.717) is 36.8 Å². The lowest BCUT2D eigenvalue weighted by Gasteiger charge is -2.27. The summed E-state index contributed by atoms with van der Waals surface area (Å²) in [7, 11) is 0. The van der Waals surface area contributed by atoms with Crippen LogP contribution in [0.5, 0.6) is 5.75 Å². The molecule has 3 aromatic rings. The van der Waals surface area contributed by atoms with Gasteiger partial charge in [-0.1, -0.05) is 48.0 Å². The second-order valence-electron chi connectivity index (χ2n) is 8.22. The molecule has 3 rings (SSSR count). The number of benzene rings is 2. The van der Waals surface area contributed by atoms with E-state index in [0.717, 1.165) is 5.56 Å². The maximum Gasteiger partial charge on any atom is 0.223 e. The van der Waals surface area contributed by atoms with Gasteiger partial charge in [0.2, 0.25) is 5.91 Å². The van der Waals surface area contributed by atoms with E-state index in [4.69, 9.17) is 25.8 Å². The third-order valence-electron chi connectivity index (χ3n) is 5.52. The van der Waals surface area contributed by atoms with Crippen LogP contribution in [0.3, 0.4) is 0 Å². The Hall–Kier alpha value is -3.07. The number of nitrogens with zero attached hydrogens (tertiary/aromatic N) is 2. The molecule has 1 amide bonds. The summed E-state index contributed by atoms with van der Waals surface area (Å²) >= 11 is 5.82. The second-order valence-corrected chi connectivity index (χ2v) is 8.58. The molecular formula is C28H31ClF2N2O4. The molecule has 198 valence electrons. The van der Waals surface area contributed by atoms with Gasteiger partial charge in [0.1, 0.15) is 18.2 Å². The molecule has 2 aromatic carbocycles. The van der Waals surface area contributed by atoms with Gasteiger partial charge in [-0.25, -0.2) is 13.8 Å². The number of halogens is 3. The summed E-state index contributed by atoms with van der Waals surface area (Å²) in [6.07, 6.45) is -0.417. The quantitative estimate of drug-likeness (QED) is 0.189. The number of hydrogen-bond acceptors (Lipinski definition) is 5. The van der Waals surface area contributed by atoms with Crippen LogP contribution >= 0.6 is 11.6 Å². The van der Waals surface area contributed by atoms with Gasteiger partial charge >= 0.3 is 0 Å². The first-order valence-electron chi connectivity index (χ1n) is 12.2. The average molecular weight is 533 g/mol. The minimum atomic E-state index is -0.646. The smallest absolute Gasteiger partial charge is 0.223 e. The second kappa shape index (κ2) is 14.6. The van der Waals surface area contributed by atoms with E-state index >= 15 is 0 Å². The van der Waals surface area contributed by atoms with E-state index in [2.05, 4.69) is 4.98 Å². The number of hydrogen-bond donors (Lipinski definition) is 0. The number of aryl methyl sites for hydroxylation is 1. The summed E-state index contributed by atoms with van der Waals surface area (Å²) in [5.41, 5.74) is 1.79. The first-order valence-corrected chi connectivity index (χ1v) is 12.5. The number of carbonyl (C=O) groups excluding carboxylic acids is 1.